The third kappa shape index (κ3) is 2.74. The van der Waals surface area contributed by atoms with Gasteiger partial charge in [0, 0.05) is 6.20 Å². The maximum Gasteiger partial charge on any atom is 0.250 e. The molecular weight excluding hydrogens is 184 g/mol. The second kappa shape index (κ2) is 4.22. The average molecular weight is 194 g/mol. The largest absolute Gasteiger partial charge is 0.368 e. The summed E-state index contributed by atoms with van der Waals surface area (Å²) in [6.45, 7) is 0.00289. The molecular formula is C8H10N4O2. The summed E-state index contributed by atoms with van der Waals surface area (Å²) in [5, 5.41) is 2.67. The number of hydrogen-bond donors (Lipinski definition) is 3. The number of hydrogen-bond acceptors (Lipinski definition) is 4. The maximum atomic E-state index is 10.7. The van der Waals surface area contributed by atoms with Crippen molar-refractivity contribution in [3.05, 3.63) is 23.9 Å². The highest BCUT2D eigenvalue weighted by molar-refractivity contribution is 5.92. The van der Waals surface area contributed by atoms with Crippen LogP contribution in [0, 0.1) is 0 Å². The Morgan fingerprint density at radius 3 is 2.50 bits per heavy atom. The summed E-state index contributed by atoms with van der Waals surface area (Å²) in [4.78, 5) is 24.9. The van der Waals surface area contributed by atoms with Crippen LogP contribution in [-0.2, 0) is 4.79 Å². The number of anilines is 1. The van der Waals surface area contributed by atoms with Crippen LogP contribution in [0.4, 0.5) is 5.82 Å². The van der Waals surface area contributed by atoms with Crippen LogP contribution in [-0.4, -0.2) is 23.3 Å². The molecule has 0 bridgehead atoms. The first-order valence-corrected chi connectivity index (χ1v) is 3.87. The number of primary amides is 2. The fourth-order valence-corrected chi connectivity index (χ4v) is 0.822. The molecule has 0 radical (unpaired) electrons. The number of pyridine rings is 1. The van der Waals surface area contributed by atoms with E-state index < -0.39 is 11.8 Å². The van der Waals surface area contributed by atoms with E-state index in [1.54, 1.807) is 6.07 Å². The molecule has 0 atom stereocenters. The minimum absolute atomic E-state index is 0.00289. The van der Waals surface area contributed by atoms with Crippen LogP contribution in [0.1, 0.15) is 10.4 Å². The summed E-state index contributed by atoms with van der Waals surface area (Å²) in [6, 6.07) is 3.06. The molecule has 0 saturated carbocycles. The zero-order valence-electron chi connectivity index (χ0n) is 7.36. The zero-order chi connectivity index (χ0) is 10.6. The van der Waals surface area contributed by atoms with Crippen molar-refractivity contribution in [2.75, 3.05) is 11.9 Å². The molecule has 6 heteroatoms. The van der Waals surface area contributed by atoms with Crippen molar-refractivity contribution in [1.82, 2.24) is 4.98 Å². The lowest BCUT2D eigenvalue weighted by atomic mass is 10.3. The number of carbonyl (C=O) groups is 2. The van der Waals surface area contributed by atoms with E-state index in [0.717, 1.165) is 0 Å². The monoisotopic (exact) mass is 194 g/mol. The fourth-order valence-electron chi connectivity index (χ4n) is 0.822. The Hall–Kier alpha value is -2.11. The third-order valence-electron chi connectivity index (χ3n) is 1.49. The molecule has 2 amide bonds. The van der Waals surface area contributed by atoms with Gasteiger partial charge in [-0.25, -0.2) is 4.98 Å². The molecule has 1 rings (SSSR count). The van der Waals surface area contributed by atoms with Crippen LogP contribution in [0.3, 0.4) is 0 Å². The number of amides is 2. The van der Waals surface area contributed by atoms with Crippen molar-refractivity contribution in [2.45, 2.75) is 0 Å². The van der Waals surface area contributed by atoms with E-state index in [1.807, 2.05) is 0 Å². The van der Waals surface area contributed by atoms with Gasteiger partial charge in [0.05, 0.1) is 12.1 Å². The van der Waals surface area contributed by atoms with Crippen LogP contribution in [0.2, 0.25) is 0 Å². The number of nitrogens with two attached hydrogens (primary N) is 2. The molecule has 0 aromatic carbocycles. The van der Waals surface area contributed by atoms with E-state index in [9.17, 15) is 9.59 Å². The minimum atomic E-state index is -0.543. The van der Waals surface area contributed by atoms with Gasteiger partial charge in [-0.1, -0.05) is 0 Å². The van der Waals surface area contributed by atoms with Crippen LogP contribution >= 0.6 is 0 Å². The summed E-state index contributed by atoms with van der Waals surface area (Å²) in [7, 11) is 0. The van der Waals surface area contributed by atoms with Crippen molar-refractivity contribution in [3.63, 3.8) is 0 Å². The topological polar surface area (TPSA) is 111 Å². The van der Waals surface area contributed by atoms with Gasteiger partial charge in [0.2, 0.25) is 11.8 Å². The van der Waals surface area contributed by atoms with Gasteiger partial charge in [-0.05, 0) is 12.1 Å². The first kappa shape index (κ1) is 9.97. The highest BCUT2D eigenvalue weighted by atomic mass is 16.1. The molecule has 0 fully saturated rings. The van der Waals surface area contributed by atoms with E-state index in [2.05, 4.69) is 10.3 Å². The van der Waals surface area contributed by atoms with Gasteiger partial charge in [-0.15, -0.1) is 0 Å². The molecule has 6 nitrogen and oxygen atoms in total. The van der Waals surface area contributed by atoms with Crippen molar-refractivity contribution in [1.29, 1.82) is 0 Å². The minimum Gasteiger partial charge on any atom is -0.368 e. The summed E-state index contributed by atoms with van der Waals surface area (Å²) >= 11 is 0. The number of nitrogens with one attached hydrogen (secondary N) is 1. The SMILES string of the molecule is NC(=O)CNc1ccc(C(N)=O)cn1. The highest BCUT2D eigenvalue weighted by Crippen LogP contribution is 2.03. The Kier molecular flexibility index (Phi) is 3.01. The van der Waals surface area contributed by atoms with Crippen LogP contribution in [0.25, 0.3) is 0 Å². The Morgan fingerprint density at radius 1 is 1.36 bits per heavy atom. The van der Waals surface area contributed by atoms with Crippen LogP contribution in [0.5, 0.6) is 0 Å². The molecule has 1 aromatic heterocycles. The smallest absolute Gasteiger partial charge is 0.250 e. The predicted octanol–water partition coefficient (Wildman–Crippen LogP) is -0.922. The van der Waals surface area contributed by atoms with Gasteiger partial charge in [0.15, 0.2) is 0 Å². The molecule has 14 heavy (non-hydrogen) atoms. The first-order valence-electron chi connectivity index (χ1n) is 3.87. The van der Waals surface area contributed by atoms with E-state index in [0.29, 0.717) is 11.4 Å². The van der Waals surface area contributed by atoms with Crippen LogP contribution in [0.15, 0.2) is 18.3 Å². The van der Waals surface area contributed by atoms with Crippen molar-refractivity contribution in [3.8, 4) is 0 Å². The third-order valence-corrected chi connectivity index (χ3v) is 1.49. The van der Waals surface area contributed by atoms with E-state index in [1.165, 1.54) is 12.3 Å². The molecule has 74 valence electrons. The Labute approximate surface area is 80.3 Å². The summed E-state index contributed by atoms with van der Waals surface area (Å²) < 4.78 is 0. The van der Waals surface area contributed by atoms with Gasteiger partial charge >= 0.3 is 0 Å². The number of rotatable bonds is 4. The molecule has 1 aromatic rings. The molecule has 1 heterocycles. The zero-order valence-corrected chi connectivity index (χ0v) is 7.36. The fraction of sp³-hybridized carbons (Fsp3) is 0.125. The summed E-state index contributed by atoms with van der Waals surface area (Å²) in [5.41, 5.74) is 10.2. The standard InChI is InChI=1S/C8H10N4O2/c9-6(13)4-12-7-2-1-5(3-11-7)8(10)14/h1-3H,4H2,(H2,9,13)(H2,10,14)(H,11,12). The lowest BCUT2D eigenvalue weighted by Crippen LogP contribution is -2.22. The maximum absolute atomic E-state index is 10.7. The predicted molar refractivity (Wildman–Crippen MR) is 50.4 cm³/mol. The normalized spacial score (nSPS) is 9.43. The molecule has 0 saturated heterocycles. The number of nitrogens with zero attached hydrogens (tertiary/aromatic N) is 1. The van der Waals surface area contributed by atoms with Gasteiger partial charge in [0.25, 0.3) is 0 Å². The van der Waals surface area contributed by atoms with E-state index >= 15 is 0 Å². The van der Waals surface area contributed by atoms with E-state index in [4.69, 9.17) is 11.5 Å². The second-order valence-electron chi connectivity index (χ2n) is 2.62. The molecule has 0 aliphatic carbocycles. The summed E-state index contributed by atoms with van der Waals surface area (Å²) in [6.07, 6.45) is 1.33. The lowest BCUT2D eigenvalue weighted by molar-refractivity contribution is -0.116. The average Bonchev–Trinajstić information content (AvgIpc) is 2.15. The van der Waals surface area contributed by atoms with Gasteiger partial charge < -0.3 is 16.8 Å². The van der Waals surface area contributed by atoms with Crippen LogP contribution < -0.4 is 16.8 Å². The molecule has 0 spiro atoms. The summed E-state index contributed by atoms with van der Waals surface area (Å²) in [5.74, 6) is -0.557. The second-order valence-corrected chi connectivity index (χ2v) is 2.62. The Balaban J connectivity index is 2.64. The van der Waals surface area contributed by atoms with E-state index in [-0.39, 0.29) is 6.54 Å². The number of aromatic nitrogens is 1. The van der Waals surface area contributed by atoms with Crippen molar-refractivity contribution < 1.29 is 9.59 Å². The molecule has 0 aliphatic heterocycles. The van der Waals surface area contributed by atoms with Crippen molar-refractivity contribution >= 4 is 17.6 Å². The highest BCUT2D eigenvalue weighted by Gasteiger charge is 2.00. The number of carbonyl (C=O) groups excluding carboxylic acids is 2. The Morgan fingerprint density at radius 2 is 2.07 bits per heavy atom. The molecule has 0 unspecified atom stereocenters. The quantitative estimate of drug-likeness (QED) is 0.575. The Bertz CT molecular complexity index is 347. The van der Waals surface area contributed by atoms with Crippen molar-refractivity contribution in [2.24, 2.45) is 11.5 Å². The van der Waals surface area contributed by atoms with Gasteiger partial charge in [-0.2, -0.15) is 0 Å². The molecule has 5 N–H and O–H groups in total. The molecule has 0 aliphatic rings. The lowest BCUT2D eigenvalue weighted by Gasteiger charge is -2.02. The first-order chi connectivity index (χ1) is 6.59. The van der Waals surface area contributed by atoms with Gasteiger partial charge in [0.1, 0.15) is 5.82 Å². The van der Waals surface area contributed by atoms with Gasteiger partial charge in [-0.3, -0.25) is 9.59 Å².